The van der Waals surface area contributed by atoms with E-state index in [0.717, 1.165) is 0 Å². The maximum atomic E-state index is 12.6. The fourth-order valence-corrected chi connectivity index (χ4v) is 2.59. The molecule has 0 radical (unpaired) electrons. The number of hydrogen-bond acceptors (Lipinski definition) is 3. The number of carboxylic acids is 1. The van der Waals surface area contributed by atoms with Gasteiger partial charge in [0.15, 0.2) is 0 Å². The van der Waals surface area contributed by atoms with Crippen LogP contribution in [0.2, 0.25) is 0 Å². The summed E-state index contributed by atoms with van der Waals surface area (Å²) in [4.78, 5) is 15.0. The summed E-state index contributed by atoms with van der Waals surface area (Å²) in [5, 5.41) is 9.16. The van der Waals surface area contributed by atoms with Crippen LogP contribution < -0.4 is 0 Å². The average Bonchev–Trinajstić information content (AvgIpc) is 2.47. The van der Waals surface area contributed by atoms with E-state index in [1.54, 1.807) is 0 Å². The van der Waals surface area contributed by atoms with Crippen LogP contribution in [0, 0.1) is 0 Å². The van der Waals surface area contributed by atoms with E-state index < -0.39 is 11.9 Å². The molecule has 0 amide bonds. The Morgan fingerprint density at radius 3 is 2.87 bits per heavy atom. The molecule has 1 fully saturated rings. The van der Waals surface area contributed by atoms with E-state index in [-0.39, 0.29) is 25.2 Å². The molecule has 82 valence electrons. The highest BCUT2D eigenvalue weighted by atomic mass is 32.1. The van der Waals surface area contributed by atoms with Gasteiger partial charge in [0.2, 0.25) is 5.92 Å². The topological polar surface area (TPSA) is 50.2 Å². The number of thiazole rings is 1. The van der Waals surface area contributed by atoms with Crippen LogP contribution in [0.4, 0.5) is 8.78 Å². The quantitative estimate of drug-likeness (QED) is 0.871. The standard InChI is InChI=1S/C9H9F2NO2S/c10-9(11)2-5(3-9)8-12-4-6(15-8)1-7(13)14/h4-5H,1-3H2,(H,13,14). The minimum absolute atomic E-state index is 0.0826. The largest absolute Gasteiger partial charge is 0.481 e. The maximum Gasteiger partial charge on any atom is 0.308 e. The van der Waals surface area contributed by atoms with Gasteiger partial charge in [-0.1, -0.05) is 0 Å². The molecular formula is C9H9F2NO2S. The number of aliphatic carboxylic acids is 1. The Morgan fingerprint density at radius 1 is 1.67 bits per heavy atom. The van der Waals surface area contributed by atoms with Crippen molar-refractivity contribution in [1.29, 1.82) is 0 Å². The molecule has 0 saturated heterocycles. The molecule has 6 heteroatoms. The summed E-state index contributed by atoms with van der Waals surface area (Å²) in [5.74, 6) is -3.67. The van der Waals surface area contributed by atoms with Gasteiger partial charge < -0.3 is 5.11 Å². The van der Waals surface area contributed by atoms with Gasteiger partial charge in [0.1, 0.15) is 0 Å². The van der Waals surface area contributed by atoms with E-state index in [0.29, 0.717) is 9.88 Å². The van der Waals surface area contributed by atoms with E-state index in [1.807, 2.05) is 0 Å². The third-order valence-electron chi connectivity index (χ3n) is 2.34. The van der Waals surface area contributed by atoms with Gasteiger partial charge in [-0.15, -0.1) is 11.3 Å². The van der Waals surface area contributed by atoms with Crippen molar-refractivity contribution >= 4 is 17.3 Å². The van der Waals surface area contributed by atoms with Crippen molar-refractivity contribution in [1.82, 2.24) is 4.98 Å². The Bertz CT molecular complexity index is 383. The average molecular weight is 233 g/mol. The first kappa shape index (κ1) is 10.5. The summed E-state index contributed by atoms with van der Waals surface area (Å²) in [6, 6.07) is 0. The lowest BCUT2D eigenvalue weighted by atomic mass is 9.82. The summed E-state index contributed by atoms with van der Waals surface area (Å²) in [5.41, 5.74) is 0. The van der Waals surface area contributed by atoms with Crippen molar-refractivity contribution in [3.05, 3.63) is 16.1 Å². The van der Waals surface area contributed by atoms with E-state index >= 15 is 0 Å². The third kappa shape index (κ3) is 2.31. The molecule has 1 aliphatic rings. The molecule has 1 saturated carbocycles. The van der Waals surface area contributed by atoms with Crippen LogP contribution in [-0.2, 0) is 11.2 Å². The van der Waals surface area contributed by atoms with Crippen LogP contribution in [0.5, 0.6) is 0 Å². The van der Waals surface area contributed by atoms with Crippen molar-refractivity contribution in [3.8, 4) is 0 Å². The fraction of sp³-hybridized carbons (Fsp3) is 0.556. The Balaban J connectivity index is 1.99. The SMILES string of the molecule is O=C(O)Cc1cnc(C2CC(F)(F)C2)s1. The number of rotatable bonds is 3. The predicted octanol–water partition coefficient (Wildman–Crippen LogP) is 2.28. The molecule has 3 nitrogen and oxygen atoms in total. The van der Waals surface area contributed by atoms with E-state index in [2.05, 4.69) is 4.98 Å². The lowest BCUT2D eigenvalue weighted by molar-refractivity contribution is -0.136. The first-order chi connectivity index (χ1) is 6.96. The molecular weight excluding hydrogens is 224 g/mol. The zero-order valence-corrected chi connectivity index (χ0v) is 8.56. The molecule has 0 spiro atoms. The first-order valence-corrected chi connectivity index (χ1v) is 5.32. The number of nitrogens with zero attached hydrogens (tertiary/aromatic N) is 1. The summed E-state index contributed by atoms with van der Waals surface area (Å²) >= 11 is 1.22. The highest BCUT2D eigenvalue weighted by molar-refractivity contribution is 7.11. The highest BCUT2D eigenvalue weighted by Gasteiger charge is 2.47. The summed E-state index contributed by atoms with van der Waals surface area (Å²) in [7, 11) is 0. The molecule has 15 heavy (non-hydrogen) atoms. The van der Waals surface area contributed by atoms with Gasteiger partial charge in [-0.2, -0.15) is 0 Å². The molecule has 1 aliphatic carbocycles. The molecule has 1 N–H and O–H groups in total. The smallest absolute Gasteiger partial charge is 0.308 e. The molecule has 1 aromatic heterocycles. The monoisotopic (exact) mass is 233 g/mol. The number of hydrogen-bond donors (Lipinski definition) is 1. The molecule has 0 atom stereocenters. The van der Waals surface area contributed by atoms with E-state index in [1.165, 1.54) is 17.5 Å². The van der Waals surface area contributed by atoms with Crippen LogP contribution >= 0.6 is 11.3 Å². The van der Waals surface area contributed by atoms with Gasteiger partial charge in [0.25, 0.3) is 0 Å². The number of carbonyl (C=O) groups is 1. The van der Waals surface area contributed by atoms with Crippen molar-refractivity contribution in [2.24, 2.45) is 0 Å². The normalized spacial score (nSPS) is 19.9. The van der Waals surface area contributed by atoms with Crippen molar-refractivity contribution in [2.45, 2.75) is 31.1 Å². The summed E-state index contributed by atoms with van der Waals surface area (Å²) in [6.45, 7) is 0. The van der Waals surface area contributed by atoms with Crippen LogP contribution in [0.15, 0.2) is 6.20 Å². The first-order valence-electron chi connectivity index (χ1n) is 4.50. The van der Waals surface area contributed by atoms with Crippen molar-refractivity contribution < 1.29 is 18.7 Å². The summed E-state index contributed by atoms with van der Waals surface area (Å²) < 4.78 is 25.1. The second kappa shape index (κ2) is 3.52. The van der Waals surface area contributed by atoms with Gasteiger partial charge in [-0.3, -0.25) is 4.79 Å². The summed E-state index contributed by atoms with van der Waals surface area (Å²) in [6.07, 6.45) is 1.06. The van der Waals surface area contributed by atoms with Gasteiger partial charge in [0, 0.05) is 29.8 Å². The molecule has 0 unspecified atom stereocenters. The predicted molar refractivity (Wildman–Crippen MR) is 50.4 cm³/mol. The molecule has 2 rings (SSSR count). The number of alkyl halides is 2. The Morgan fingerprint density at radius 2 is 2.33 bits per heavy atom. The lowest BCUT2D eigenvalue weighted by Crippen LogP contribution is -2.33. The zero-order valence-electron chi connectivity index (χ0n) is 7.74. The van der Waals surface area contributed by atoms with Crippen LogP contribution in [0.25, 0.3) is 0 Å². The Hall–Kier alpha value is -1.04. The molecule has 0 aromatic carbocycles. The van der Waals surface area contributed by atoms with Gasteiger partial charge in [-0.25, -0.2) is 13.8 Å². The molecule has 0 bridgehead atoms. The van der Waals surface area contributed by atoms with Crippen LogP contribution in [0.1, 0.15) is 28.6 Å². The Labute approximate surface area is 88.8 Å². The van der Waals surface area contributed by atoms with Crippen molar-refractivity contribution in [3.63, 3.8) is 0 Å². The second-order valence-corrected chi connectivity index (χ2v) is 4.84. The number of carboxylic acid groups (broad SMARTS) is 1. The van der Waals surface area contributed by atoms with Gasteiger partial charge >= 0.3 is 5.97 Å². The second-order valence-electron chi connectivity index (χ2n) is 3.70. The minimum Gasteiger partial charge on any atom is -0.481 e. The molecule has 1 aromatic rings. The number of halogens is 2. The van der Waals surface area contributed by atoms with Gasteiger partial charge in [0.05, 0.1) is 11.4 Å². The maximum absolute atomic E-state index is 12.6. The molecule has 0 aliphatic heterocycles. The highest BCUT2D eigenvalue weighted by Crippen LogP contribution is 2.49. The van der Waals surface area contributed by atoms with E-state index in [9.17, 15) is 13.6 Å². The lowest BCUT2D eigenvalue weighted by Gasteiger charge is -2.33. The molecule has 1 heterocycles. The number of aromatic nitrogens is 1. The fourth-order valence-electron chi connectivity index (χ4n) is 1.58. The van der Waals surface area contributed by atoms with Gasteiger partial charge in [-0.05, 0) is 0 Å². The van der Waals surface area contributed by atoms with Crippen LogP contribution in [0.3, 0.4) is 0 Å². The zero-order chi connectivity index (χ0) is 11.1. The van der Waals surface area contributed by atoms with Crippen molar-refractivity contribution in [2.75, 3.05) is 0 Å². The van der Waals surface area contributed by atoms with Crippen LogP contribution in [-0.4, -0.2) is 22.0 Å². The third-order valence-corrected chi connectivity index (χ3v) is 3.50. The Kier molecular flexibility index (Phi) is 2.46. The van der Waals surface area contributed by atoms with E-state index in [4.69, 9.17) is 5.11 Å². The minimum atomic E-state index is -2.55.